The van der Waals surface area contributed by atoms with Crippen molar-refractivity contribution < 1.29 is 9.18 Å². The minimum Gasteiger partial charge on any atom is -0.355 e. The van der Waals surface area contributed by atoms with Gasteiger partial charge in [-0.05, 0) is 30.5 Å². The highest BCUT2D eigenvalue weighted by atomic mass is 32.2. The van der Waals surface area contributed by atoms with Crippen LogP contribution in [0.3, 0.4) is 0 Å². The molecule has 0 unspecified atom stereocenters. The molecule has 0 saturated carbocycles. The van der Waals surface area contributed by atoms with E-state index in [4.69, 9.17) is 0 Å². The van der Waals surface area contributed by atoms with Gasteiger partial charge in [0.15, 0.2) is 5.16 Å². The van der Waals surface area contributed by atoms with Crippen LogP contribution in [-0.2, 0) is 17.6 Å². The van der Waals surface area contributed by atoms with Crippen LogP contribution in [-0.4, -0.2) is 28.2 Å². The van der Waals surface area contributed by atoms with Gasteiger partial charge < -0.3 is 10.3 Å². The summed E-state index contributed by atoms with van der Waals surface area (Å²) in [5.74, 6) is -0.0530. The van der Waals surface area contributed by atoms with Gasteiger partial charge in [0.1, 0.15) is 5.82 Å². The second-order valence-electron chi connectivity index (χ2n) is 6.26. The predicted octanol–water partition coefficient (Wildman–Crippen LogP) is 3.90. The third-order valence-electron chi connectivity index (χ3n) is 4.19. The lowest BCUT2D eigenvalue weighted by Gasteiger charge is -2.05. The fraction of sp³-hybridized carbons (Fsp3) is 0.238. The normalized spacial score (nSPS) is 10.7. The van der Waals surface area contributed by atoms with Crippen molar-refractivity contribution >= 4 is 17.7 Å². The molecule has 0 spiro atoms. The quantitative estimate of drug-likeness (QED) is 0.580. The second-order valence-corrected chi connectivity index (χ2v) is 7.22. The van der Waals surface area contributed by atoms with E-state index in [0.717, 1.165) is 23.0 Å². The average Bonchev–Trinajstić information content (AvgIpc) is 3.02. The molecule has 0 aliphatic carbocycles. The molecule has 2 N–H and O–H groups in total. The van der Waals surface area contributed by atoms with Crippen molar-refractivity contribution in [2.75, 3.05) is 12.3 Å². The molecule has 4 nitrogen and oxygen atoms in total. The first-order valence-corrected chi connectivity index (χ1v) is 9.82. The molecule has 0 radical (unpaired) electrons. The lowest BCUT2D eigenvalue weighted by molar-refractivity contribution is -0.118. The van der Waals surface area contributed by atoms with Gasteiger partial charge >= 0.3 is 0 Å². The standard InChI is InChI=1S/C21H22FN3OS/c1-15-19(13-16-7-3-2-4-8-16)25-21(24-15)27-14-20(26)23-12-11-17-9-5-6-10-18(17)22/h2-10H,11-14H2,1H3,(H,23,26)(H,24,25). The van der Waals surface area contributed by atoms with E-state index >= 15 is 0 Å². The summed E-state index contributed by atoms with van der Waals surface area (Å²) in [6, 6.07) is 16.8. The molecule has 2 aromatic carbocycles. The summed E-state index contributed by atoms with van der Waals surface area (Å²) in [6.45, 7) is 2.40. The molecule has 0 saturated heterocycles. The van der Waals surface area contributed by atoms with Crippen molar-refractivity contribution in [1.29, 1.82) is 0 Å². The molecule has 140 valence electrons. The molecule has 3 rings (SSSR count). The molecule has 0 aliphatic rings. The van der Waals surface area contributed by atoms with Crippen LogP contribution in [0.4, 0.5) is 4.39 Å². The minimum absolute atomic E-state index is 0.0880. The highest BCUT2D eigenvalue weighted by Gasteiger charge is 2.10. The summed E-state index contributed by atoms with van der Waals surface area (Å²) in [5, 5.41) is 3.56. The average molecular weight is 383 g/mol. The maximum Gasteiger partial charge on any atom is 0.230 e. The number of amides is 1. The molecule has 27 heavy (non-hydrogen) atoms. The molecule has 0 aliphatic heterocycles. The van der Waals surface area contributed by atoms with Crippen molar-refractivity contribution in [2.45, 2.75) is 24.9 Å². The van der Waals surface area contributed by atoms with Crippen LogP contribution in [0, 0.1) is 12.7 Å². The number of hydrogen-bond donors (Lipinski definition) is 2. The van der Waals surface area contributed by atoms with Gasteiger partial charge in [-0.25, -0.2) is 9.37 Å². The SMILES string of the molecule is Cc1[nH]c(SCC(=O)NCCc2ccccc2F)nc1Cc1ccccc1. The Morgan fingerprint density at radius 2 is 1.89 bits per heavy atom. The molecular weight excluding hydrogens is 361 g/mol. The van der Waals surface area contributed by atoms with Gasteiger partial charge in [-0.3, -0.25) is 4.79 Å². The molecule has 0 fully saturated rings. The smallest absolute Gasteiger partial charge is 0.230 e. The van der Waals surface area contributed by atoms with E-state index in [-0.39, 0.29) is 17.5 Å². The lowest BCUT2D eigenvalue weighted by atomic mass is 10.1. The first-order valence-electron chi connectivity index (χ1n) is 8.84. The highest BCUT2D eigenvalue weighted by Crippen LogP contribution is 2.18. The Kier molecular flexibility index (Phi) is 6.65. The van der Waals surface area contributed by atoms with Gasteiger partial charge in [-0.1, -0.05) is 60.3 Å². The third-order valence-corrected chi connectivity index (χ3v) is 5.07. The Morgan fingerprint density at radius 3 is 2.67 bits per heavy atom. The van der Waals surface area contributed by atoms with Crippen molar-refractivity contribution in [3.63, 3.8) is 0 Å². The molecule has 1 amide bonds. The zero-order valence-electron chi connectivity index (χ0n) is 15.2. The number of nitrogens with zero attached hydrogens (tertiary/aromatic N) is 1. The van der Waals surface area contributed by atoms with Gasteiger partial charge in [-0.15, -0.1) is 0 Å². The van der Waals surface area contributed by atoms with Crippen molar-refractivity contribution in [1.82, 2.24) is 15.3 Å². The second kappa shape index (κ2) is 9.37. The summed E-state index contributed by atoms with van der Waals surface area (Å²) in [5.41, 5.74) is 3.82. The first kappa shape index (κ1) is 19.2. The lowest BCUT2D eigenvalue weighted by Crippen LogP contribution is -2.27. The summed E-state index contributed by atoms with van der Waals surface area (Å²) < 4.78 is 13.6. The Bertz CT molecular complexity index is 895. The molecule has 6 heteroatoms. The number of carbonyl (C=O) groups is 1. The number of hydrogen-bond acceptors (Lipinski definition) is 3. The number of carbonyl (C=O) groups excluding carboxylic acids is 1. The summed E-state index contributed by atoms with van der Waals surface area (Å²) in [4.78, 5) is 19.8. The molecule has 1 heterocycles. The van der Waals surface area contributed by atoms with Crippen LogP contribution in [0.15, 0.2) is 59.8 Å². The summed E-state index contributed by atoms with van der Waals surface area (Å²) in [7, 11) is 0. The van der Waals surface area contributed by atoms with E-state index in [2.05, 4.69) is 27.4 Å². The van der Waals surface area contributed by atoms with Crippen molar-refractivity contribution in [2.24, 2.45) is 0 Å². The van der Waals surface area contributed by atoms with Crippen LogP contribution in [0.5, 0.6) is 0 Å². The van der Waals surface area contributed by atoms with Crippen LogP contribution in [0.1, 0.15) is 22.5 Å². The van der Waals surface area contributed by atoms with Gasteiger partial charge in [0.25, 0.3) is 0 Å². The van der Waals surface area contributed by atoms with Gasteiger partial charge in [0.05, 0.1) is 11.4 Å². The maximum atomic E-state index is 13.6. The number of imidazole rings is 1. The van der Waals surface area contributed by atoms with Gasteiger partial charge in [0.2, 0.25) is 5.91 Å². The van der Waals surface area contributed by atoms with E-state index in [1.807, 2.05) is 25.1 Å². The topological polar surface area (TPSA) is 57.8 Å². The number of benzene rings is 2. The van der Waals surface area contributed by atoms with Crippen LogP contribution >= 0.6 is 11.8 Å². The number of aromatic nitrogens is 2. The Balaban J connectivity index is 1.45. The van der Waals surface area contributed by atoms with E-state index in [0.29, 0.717) is 18.5 Å². The predicted molar refractivity (Wildman–Crippen MR) is 106 cm³/mol. The first-order chi connectivity index (χ1) is 13.1. The highest BCUT2D eigenvalue weighted by molar-refractivity contribution is 7.99. The number of aromatic amines is 1. The minimum atomic E-state index is -0.238. The molecular formula is C21H22FN3OS. The number of nitrogens with one attached hydrogen (secondary N) is 2. The molecule has 3 aromatic rings. The zero-order valence-corrected chi connectivity index (χ0v) is 16.0. The van der Waals surface area contributed by atoms with Crippen LogP contribution in [0.2, 0.25) is 0 Å². The molecule has 0 bridgehead atoms. The fourth-order valence-electron chi connectivity index (χ4n) is 2.72. The van der Waals surface area contributed by atoms with Gasteiger partial charge in [-0.2, -0.15) is 0 Å². The van der Waals surface area contributed by atoms with Crippen molar-refractivity contribution in [3.8, 4) is 0 Å². The van der Waals surface area contributed by atoms with Crippen molar-refractivity contribution in [3.05, 3.63) is 82.9 Å². The number of halogens is 1. The molecule has 1 aromatic heterocycles. The number of H-pyrrole nitrogens is 1. The third kappa shape index (κ3) is 5.69. The van der Waals surface area contributed by atoms with E-state index < -0.39 is 0 Å². The summed E-state index contributed by atoms with van der Waals surface area (Å²) >= 11 is 1.37. The Hall–Kier alpha value is -2.60. The zero-order chi connectivity index (χ0) is 19.1. The van der Waals surface area contributed by atoms with E-state index in [1.165, 1.54) is 23.4 Å². The van der Waals surface area contributed by atoms with Crippen LogP contribution < -0.4 is 5.32 Å². The monoisotopic (exact) mass is 383 g/mol. The maximum absolute atomic E-state index is 13.6. The Labute approximate surface area is 162 Å². The number of rotatable bonds is 8. The van der Waals surface area contributed by atoms with Crippen LogP contribution in [0.25, 0.3) is 0 Å². The van der Waals surface area contributed by atoms with E-state index in [1.54, 1.807) is 18.2 Å². The summed E-state index contributed by atoms with van der Waals surface area (Å²) in [6.07, 6.45) is 1.24. The van der Waals surface area contributed by atoms with E-state index in [9.17, 15) is 9.18 Å². The molecule has 0 atom stereocenters. The number of aryl methyl sites for hydroxylation is 1. The fourth-order valence-corrected chi connectivity index (χ4v) is 3.49. The Morgan fingerprint density at radius 1 is 1.15 bits per heavy atom. The number of thioether (sulfide) groups is 1. The van der Waals surface area contributed by atoms with Gasteiger partial charge in [0, 0.05) is 18.7 Å². The largest absolute Gasteiger partial charge is 0.355 e.